The summed E-state index contributed by atoms with van der Waals surface area (Å²) in [5, 5.41) is 3.28. The Hall–Kier alpha value is -3.58. The molecule has 0 fully saturated rings. The molecule has 0 radical (unpaired) electrons. The van der Waals surface area contributed by atoms with Gasteiger partial charge in [0.05, 0.1) is 11.3 Å². The Morgan fingerprint density at radius 1 is 0.867 bits per heavy atom. The fourth-order valence-corrected chi connectivity index (χ4v) is 3.25. The number of halogens is 4. The Balaban J connectivity index is 1.82. The molecule has 0 bridgehead atoms. The van der Waals surface area contributed by atoms with E-state index in [1.54, 1.807) is 48.5 Å². The smallest absolute Gasteiger partial charge is 0.258 e. The average molecular weight is 429 g/mol. The summed E-state index contributed by atoms with van der Waals surface area (Å²) in [5.41, 5.74) is 0.224. The third-order valence-electron chi connectivity index (χ3n) is 4.52. The van der Waals surface area contributed by atoms with Crippen molar-refractivity contribution in [1.29, 1.82) is 0 Å². The first-order valence-corrected chi connectivity index (χ1v) is 9.10. The third-order valence-corrected chi connectivity index (χ3v) is 4.75. The molecule has 0 aliphatic rings. The number of rotatable bonds is 4. The minimum absolute atomic E-state index is 0.0369. The Bertz CT molecular complexity index is 1300. The molecule has 30 heavy (non-hydrogen) atoms. The predicted octanol–water partition coefficient (Wildman–Crippen LogP) is 5.72. The largest absolute Gasteiger partial charge is 0.350 e. The lowest BCUT2D eigenvalue weighted by Crippen LogP contribution is -2.17. The van der Waals surface area contributed by atoms with Gasteiger partial charge in [-0.1, -0.05) is 41.9 Å². The number of H-pyrrole nitrogens is 1. The lowest BCUT2D eigenvalue weighted by molar-refractivity contribution is 0.102. The number of ketones is 1. The molecule has 1 amide bonds. The molecular formula is C22H12ClF3N2O2. The molecule has 8 heteroatoms. The van der Waals surface area contributed by atoms with Gasteiger partial charge in [0.1, 0.15) is 11.5 Å². The van der Waals surface area contributed by atoms with Crippen LogP contribution in [0.2, 0.25) is 5.02 Å². The van der Waals surface area contributed by atoms with Crippen LogP contribution in [0.4, 0.5) is 18.9 Å². The van der Waals surface area contributed by atoms with Crippen molar-refractivity contribution in [3.63, 3.8) is 0 Å². The second-order valence-corrected chi connectivity index (χ2v) is 6.90. The van der Waals surface area contributed by atoms with Gasteiger partial charge in [0.15, 0.2) is 11.6 Å². The minimum Gasteiger partial charge on any atom is -0.350 e. The highest BCUT2D eigenvalue weighted by Gasteiger charge is 2.23. The SMILES string of the molecule is O=C(Nc1c(C(=O)c2ccccc2)[nH]c2cc(Cl)ccc12)c1cc(F)c(F)cc1F. The van der Waals surface area contributed by atoms with Gasteiger partial charge >= 0.3 is 0 Å². The van der Waals surface area contributed by atoms with Crippen LogP contribution in [0.15, 0.2) is 60.7 Å². The number of amides is 1. The average Bonchev–Trinajstić information content (AvgIpc) is 3.08. The van der Waals surface area contributed by atoms with E-state index in [2.05, 4.69) is 10.3 Å². The van der Waals surface area contributed by atoms with Crippen LogP contribution in [-0.4, -0.2) is 16.7 Å². The molecule has 1 aromatic heterocycles. The zero-order chi connectivity index (χ0) is 21.4. The summed E-state index contributed by atoms with van der Waals surface area (Å²) in [5.74, 6) is -5.47. The fraction of sp³-hybridized carbons (Fsp3) is 0. The van der Waals surface area contributed by atoms with E-state index in [1.165, 1.54) is 0 Å². The number of aromatic amines is 1. The molecule has 0 atom stereocenters. The first kappa shape index (κ1) is 19.7. The second-order valence-electron chi connectivity index (χ2n) is 6.46. The lowest BCUT2D eigenvalue weighted by atomic mass is 10.1. The number of aromatic nitrogens is 1. The number of hydrogen-bond acceptors (Lipinski definition) is 2. The van der Waals surface area contributed by atoms with Gasteiger partial charge in [0, 0.05) is 27.6 Å². The van der Waals surface area contributed by atoms with Crippen LogP contribution < -0.4 is 5.32 Å². The van der Waals surface area contributed by atoms with Crippen molar-refractivity contribution in [2.45, 2.75) is 0 Å². The number of hydrogen-bond donors (Lipinski definition) is 2. The van der Waals surface area contributed by atoms with Gasteiger partial charge in [0.2, 0.25) is 5.78 Å². The molecule has 2 N–H and O–H groups in total. The molecule has 0 spiro atoms. The van der Waals surface area contributed by atoms with Gasteiger partial charge in [-0.25, -0.2) is 13.2 Å². The van der Waals surface area contributed by atoms with E-state index < -0.39 is 34.7 Å². The maximum Gasteiger partial charge on any atom is 0.258 e. The molecule has 0 saturated carbocycles. The first-order chi connectivity index (χ1) is 14.3. The molecule has 0 saturated heterocycles. The molecule has 4 aromatic rings. The Morgan fingerprint density at radius 2 is 1.57 bits per heavy atom. The zero-order valence-electron chi connectivity index (χ0n) is 15.1. The standard InChI is InChI=1S/C22H12ClF3N2O2/c23-12-6-7-13-18(8-12)27-20(21(29)11-4-2-1-3-5-11)19(13)28-22(30)14-9-16(25)17(26)10-15(14)24/h1-10,27H,(H,28,30). The summed E-state index contributed by atoms with van der Waals surface area (Å²) in [6, 6.07) is 13.8. The van der Waals surface area contributed by atoms with Crippen molar-refractivity contribution in [2.75, 3.05) is 5.32 Å². The van der Waals surface area contributed by atoms with Gasteiger partial charge in [0.25, 0.3) is 5.91 Å². The monoisotopic (exact) mass is 428 g/mol. The van der Waals surface area contributed by atoms with Gasteiger partial charge in [-0.2, -0.15) is 0 Å². The van der Waals surface area contributed by atoms with Crippen LogP contribution in [-0.2, 0) is 0 Å². The fourth-order valence-electron chi connectivity index (χ4n) is 3.08. The molecule has 0 aliphatic heterocycles. The molecule has 3 aromatic carbocycles. The van der Waals surface area contributed by atoms with E-state index >= 15 is 0 Å². The summed E-state index contributed by atoms with van der Waals surface area (Å²) in [4.78, 5) is 28.6. The highest BCUT2D eigenvalue weighted by atomic mass is 35.5. The molecule has 4 nitrogen and oxygen atoms in total. The molecule has 0 unspecified atom stereocenters. The lowest BCUT2D eigenvalue weighted by Gasteiger charge is -2.09. The Morgan fingerprint density at radius 3 is 2.30 bits per heavy atom. The van der Waals surface area contributed by atoms with Gasteiger partial charge in [-0.15, -0.1) is 0 Å². The summed E-state index contributed by atoms with van der Waals surface area (Å²) in [6.45, 7) is 0. The highest BCUT2D eigenvalue weighted by Crippen LogP contribution is 2.32. The molecule has 1 heterocycles. The number of fused-ring (bicyclic) bond motifs is 1. The molecule has 0 aliphatic carbocycles. The van der Waals surface area contributed by atoms with Crippen molar-refractivity contribution in [3.8, 4) is 0 Å². The van der Waals surface area contributed by atoms with Crippen LogP contribution >= 0.6 is 11.6 Å². The number of carbonyl (C=O) groups excluding carboxylic acids is 2. The Kier molecular flexibility index (Phi) is 5.05. The Labute approximate surface area is 173 Å². The topological polar surface area (TPSA) is 62.0 Å². The maximum atomic E-state index is 14.0. The van der Waals surface area contributed by atoms with E-state index in [0.717, 1.165) is 0 Å². The summed E-state index contributed by atoms with van der Waals surface area (Å²) >= 11 is 6.01. The molecular weight excluding hydrogens is 417 g/mol. The third kappa shape index (κ3) is 3.55. The number of nitrogens with one attached hydrogen (secondary N) is 2. The molecule has 150 valence electrons. The van der Waals surface area contributed by atoms with Crippen molar-refractivity contribution in [2.24, 2.45) is 0 Å². The van der Waals surface area contributed by atoms with Crippen LogP contribution in [0.25, 0.3) is 10.9 Å². The minimum atomic E-state index is -1.41. The molecule has 4 rings (SSSR count). The number of carbonyl (C=O) groups is 2. The van der Waals surface area contributed by atoms with E-state index in [-0.39, 0.29) is 17.4 Å². The van der Waals surface area contributed by atoms with Gasteiger partial charge in [-0.3, -0.25) is 9.59 Å². The van der Waals surface area contributed by atoms with E-state index in [9.17, 15) is 22.8 Å². The van der Waals surface area contributed by atoms with Crippen LogP contribution in [0, 0.1) is 17.5 Å². The van der Waals surface area contributed by atoms with Crippen LogP contribution in [0.3, 0.4) is 0 Å². The van der Waals surface area contributed by atoms with Gasteiger partial charge < -0.3 is 10.3 Å². The number of benzene rings is 3. The van der Waals surface area contributed by atoms with Crippen molar-refractivity contribution in [3.05, 3.63) is 100.0 Å². The second kappa shape index (κ2) is 7.68. The van der Waals surface area contributed by atoms with E-state index in [4.69, 9.17) is 11.6 Å². The number of anilines is 1. The van der Waals surface area contributed by atoms with Crippen molar-refractivity contribution >= 4 is 39.9 Å². The summed E-state index contributed by atoms with van der Waals surface area (Å²) in [6.07, 6.45) is 0. The van der Waals surface area contributed by atoms with Crippen LogP contribution in [0.5, 0.6) is 0 Å². The highest BCUT2D eigenvalue weighted by molar-refractivity contribution is 6.31. The summed E-state index contributed by atoms with van der Waals surface area (Å²) in [7, 11) is 0. The quantitative estimate of drug-likeness (QED) is 0.322. The van der Waals surface area contributed by atoms with Crippen molar-refractivity contribution in [1.82, 2.24) is 4.98 Å². The zero-order valence-corrected chi connectivity index (χ0v) is 15.9. The first-order valence-electron chi connectivity index (χ1n) is 8.72. The maximum absolute atomic E-state index is 14.0. The van der Waals surface area contributed by atoms with Gasteiger partial charge in [-0.05, 0) is 24.3 Å². The van der Waals surface area contributed by atoms with E-state index in [0.29, 0.717) is 27.6 Å². The van der Waals surface area contributed by atoms with Crippen molar-refractivity contribution < 1.29 is 22.8 Å². The summed E-state index contributed by atoms with van der Waals surface area (Å²) < 4.78 is 40.8. The predicted molar refractivity (Wildman–Crippen MR) is 107 cm³/mol. The van der Waals surface area contributed by atoms with Crippen LogP contribution in [0.1, 0.15) is 26.4 Å². The normalized spacial score (nSPS) is 10.9. The van der Waals surface area contributed by atoms with E-state index in [1.807, 2.05) is 0 Å².